The van der Waals surface area contributed by atoms with Crippen molar-refractivity contribution in [3.63, 3.8) is 0 Å². The van der Waals surface area contributed by atoms with Crippen molar-refractivity contribution in [1.29, 1.82) is 0 Å². The van der Waals surface area contributed by atoms with E-state index in [1.165, 1.54) is 32.6 Å². The normalized spacial score (nSPS) is 54.2. The molecule has 3 aliphatic heterocycles. The number of furan rings is 1. The predicted octanol–water partition coefficient (Wildman–Crippen LogP) is -0.218. The number of methoxy groups -OCH3 is 1. The molecule has 0 radical (unpaired) electrons. The van der Waals surface area contributed by atoms with Gasteiger partial charge in [0.1, 0.15) is 53.4 Å². The number of rotatable bonds is 6. The van der Waals surface area contributed by atoms with Gasteiger partial charge in [-0.15, -0.1) is 0 Å². The van der Waals surface area contributed by atoms with Gasteiger partial charge >= 0.3 is 23.9 Å². The van der Waals surface area contributed by atoms with Crippen molar-refractivity contribution in [1.82, 2.24) is 0 Å². The van der Waals surface area contributed by atoms with Gasteiger partial charge in [-0.05, 0) is 18.4 Å². The molecule has 4 heterocycles. The van der Waals surface area contributed by atoms with Crippen LogP contribution >= 0.6 is 0 Å². The van der Waals surface area contributed by atoms with Crippen molar-refractivity contribution in [2.24, 2.45) is 28.1 Å². The molecule has 1 aromatic heterocycles. The predicted molar refractivity (Wildman–Crippen MR) is 154 cm³/mol. The number of carbonyl (C=O) groups excluding carboxylic acids is 4. The van der Waals surface area contributed by atoms with Crippen LogP contribution in [0.4, 0.5) is 0 Å². The monoisotopic (exact) mass is 692 g/mol. The molecule has 1 aromatic rings. The molecule has 16 nitrogen and oxygen atoms in total. The molecule has 0 aromatic carbocycles. The fourth-order valence-corrected chi connectivity index (χ4v) is 12.4. The summed E-state index contributed by atoms with van der Waals surface area (Å²) in [6, 6.07) is 1.53. The molecule has 7 fully saturated rings. The topological polar surface area (TPSA) is 227 Å². The lowest BCUT2D eigenvalue weighted by Crippen LogP contribution is -2.98. The number of esters is 4. The first-order valence-electron chi connectivity index (χ1n) is 16.3. The maximum atomic E-state index is 13.7. The molecular weight excluding hydrogens is 652 g/mol. The number of hydrogen-bond acceptors (Lipinski definition) is 16. The number of fused-ring (bicyclic) bond motifs is 3. The third-order valence-electron chi connectivity index (χ3n) is 13.6. The highest BCUT2D eigenvalue weighted by Gasteiger charge is 3.06. The van der Waals surface area contributed by atoms with Crippen LogP contribution < -0.4 is 0 Å². The molecule has 0 amide bonds. The number of aliphatic hydroxyl groups excluding tert-OH is 3. The first kappa shape index (κ1) is 33.0. The average molecular weight is 693 g/mol. The highest BCUT2D eigenvalue weighted by Crippen LogP contribution is 2.89. The number of carbonyl (C=O) groups is 4. The molecule has 4 saturated carbocycles. The Labute approximate surface area is 279 Å². The summed E-state index contributed by atoms with van der Waals surface area (Å²) in [6.45, 7) is 6.16. The molecule has 0 unspecified atom stereocenters. The van der Waals surface area contributed by atoms with Crippen molar-refractivity contribution in [2.45, 2.75) is 113 Å². The van der Waals surface area contributed by atoms with E-state index in [-0.39, 0.29) is 6.42 Å². The van der Waals surface area contributed by atoms with E-state index < -0.39 is 130 Å². The summed E-state index contributed by atoms with van der Waals surface area (Å²) in [5.74, 6) is -7.76. The van der Waals surface area contributed by atoms with Crippen molar-refractivity contribution in [2.75, 3.05) is 13.7 Å². The molecule has 8 rings (SSSR count). The van der Waals surface area contributed by atoms with Gasteiger partial charge in [-0.1, -0.05) is 13.8 Å². The van der Waals surface area contributed by atoms with Gasteiger partial charge in [-0.2, -0.15) is 0 Å². The summed E-state index contributed by atoms with van der Waals surface area (Å²) in [5, 5.41) is 51.3. The summed E-state index contributed by atoms with van der Waals surface area (Å²) in [6.07, 6.45) is -7.32. The molecule has 4 N–H and O–H groups in total. The van der Waals surface area contributed by atoms with E-state index in [2.05, 4.69) is 0 Å². The van der Waals surface area contributed by atoms with E-state index in [0.717, 1.165) is 13.8 Å². The van der Waals surface area contributed by atoms with E-state index >= 15 is 0 Å². The van der Waals surface area contributed by atoms with E-state index in [1.807, 2.05) is 0 Å². The second kappa shape index (κ2) is 9.40. The third-order valence-corrected chi connectivity index (χ3v) is 13.6. The second-order valence-electron chi connectivity index (χ2n) is 15.4. The zero-order valence-electron chi connectivity index (χ0n) is 27.8. The third kappa shape index (κ3) is 3.15. The molecule has 15 atom stereocenters. The van der Waals surface area contributed by atoms with Crippen molar-refractivity contribution >= 4 is 23.9 Å². The number of aliphatic hydroxyl groups is 4. The Morgan fingerprint density at radius 1 is 1.02 bits per heavy atom. The lowest BCUT2D eigenvalue weighted by Gasteiger charge is -2.78. The molecule has 4 bridgehead atoms. The molecular formula is C33H40O16. The van der Waals surface area contributed by atoms with Crippen LogP contribution in [0.5, 0.6) is 0 Å². The van der Waals surface area contributed by atoms with E-state index in [0.29, 0.717) is 5.56 Å². The van der Waals surface area contributed by atoms with E-state index in [1.54, 1.807) is 13.8 Å². The van der Waals surface area contributed by atoms with Gasteiger partial charge < -0.3 is 58.0 Å². The maximum Gasteiger partial charge on any atom is 0.306 e. The SMILES string of the molecule is COC(=O)C[C@H]1[C@]2(C)C[C@@]34O[C@]5(C)O[C@]6([C@@H]7CC(=O)O[C@@H](c8ccoc8)[C@]7(C)[C@@H](OC(C)=O)[C@@H](O)[C@]6(O5)[C@]13COC(C)=O)[C@H](O)[C@@]4(O)[C@H]2O. The van der Waals surface area contributed by atoms with Crippen LogP contribution in [-0.4, -0.2) is 111 Å². The lowest BCUT2D eigenvalue weighted by molar-refractivity contribution is -0.498. The Morgan fingerprint density at radius 2 is 1.73 bits per heavy atom. The summed E-state index contributed by atoms with van der Waals surface area (Å²) in [5.41, 5.74) is -14.3. The van der Waals surface area contributed by atoms with Crippen LogP contribution in [0.15, 0.2) is 23.0 Å². The Kier molecular flexibility index (Phi) is 6.34. The summed E-state index contributed by atoms with van der Waals surface area (Å²) in [7, 11) is 1.17. The second-order valence-corrected chi connectivity index (χ2v) is 15.4. The van der Waals surface area contributed by atoms with Crippen molar-refractivity contribution < 1.29 is 77.2 Å². The fraction of sp³-hybridized carbons (Fsp3) is 0.758. The standard InChI is InChI=1S/C33H40O16/c1-14(34)44-13-29-17(9-19(36)42-6)26(3)12-30(29)31(41,24(26)39)25(40)32-18-10-20(37)46-22(16-7-8-43-11-16)27(18,4)23(45-15(2)35)21(38)33(29,32)49-28(5,47-30)48-32/h7-8,11,17-18,21-25,38-41H,9-10,12-13H2,1-6H3/t17-,18+,21+,22-,23-,24-,25+,26-,27+,28+,29+,30+,31-,32+,33-/m0/s1. The van der Waals surface area contributed by atoms with Crippen LogP contribution in [0, 0.1) is 28.1 Å². The Bertz CT molecular complexity index is 1660. The Hall–Kier alpha value is -3.12. The molecule has 7 aliphatic rings. The molecule has 16 heteroatoms. The van der Waals surface area contributed by atoms with Crippen LogP contribution in [-0.2, 0) is 52.3 Å². The highest BCUT2D eigenvalue weighted by atomic mass is 16.9. The molecule has 49 heavy (non-hydrogen) atoms. The molecule has 268 valence electrons. The van der Waals surface area contributed by atoms with Crippen molar-refractivity contribution in [3.8, 4) is 0 Å². The number of ether oxygens (including phenoxy) is 7. The largest absolute Gasteiger partial charge is 0.472 e. The van der Waals surface area contributed by atoms with Gasteiger partial charge in [0.2, 0.25) is 0 Å². The fourth-order valence-electron chi connectivity index (χ4n) is 12.4. The zero-order chi connectivity index (χ0) is 35.5. The summed E-state index contributed by atoms with van der Waals surface area (Å²) < 4.78 is 48.3. The van der Waals surface area contributed by atoms with Crippen LogP contribution in [0.25, 0.3) is 0 Å². The first-order valence-corrected chi connectivity index (χ1v) is 16.3. The van der Waals surface area contributed by atoms with Crippen LogP contribution in [0.3, 0.4) is 0 Å². The van der Waals surface area contributed by atoms with Gasteiger partial charge in [0.15, 0.2) is 0 Å². The zero-order valence-corrected chi connectivity index (χ0v) is 27.8. The maximum absolute atomic E-state index is 13.7. The Balaban J connectivity index is 1.51. The number of cyclic esters (lactones) is 1. The molecule has 4 aliphatic carbocycles. The quantitative estimate of drug-likeness (QED) is 0.223. The van der Waals surface area contributed by atoms with Crippen LogP contribution in [0.1, 0.15) is 65.5 Å². The lowest BCUT2D eigenvalue weighted by atomic mass is 9.32. The highest BCUT2D eigenvalue weighted by molar-refractivity contribution is 5.74. The van der Waals surface area contributed by atoms with Gasteiger partial charge in [0.05, 0.1) is 43.0 Å². The Morgan fingerprint density at radius 3 is 2.35 bits per heavy atom. The molecule has 2 spiro atoms. The minimum atomic E-state index is -2.62. The summed E-state index contributed by atoms with van der Waals surface area (Å²) >= 11 is 0. The van der Waals surface area contributed by atoms with Gasteiger partial charge in [0.25, 0.3) is 5.97 Å². The summed E-state index contributed by atoms with van der Waals surface area (Å²) in [4.78, 5) is 52.6. The van der Waals surface area contributed by atoms with Crippen LogP contribution in [0.2, 0.25) is 0 Å². The van der Waals surface area contributed by atoms with Crippen molar-refractivity contribution in [3.05, 3.63) is 24.2 Å². The van der Waals surface area contributed by atoms with Gasteiger partial charge in [-0.25, -0.2) is 0 Å². The van der Waals surface area contributed by atoms with E-state index in [4.69, 9.17) is 37.6 Å². The van der Waals surface area contributed by atoms with Gasteiger partial charge in [0, 0.05) is 44.1 Å². The minimum absolute atomic E-state index is 0.218. The van der Waals surface area contributed by atoms with Gasteiger partial charge in [-0.3, -0.25) is 19.2 Å². The first-order chi connectivity index (χ1) is 22.8. The van der Waals surface area contributed by atoms with E-state index in [9.17, 15) is 39.6 Å². The number of hydrogen-bond donors (Lipinski definition) is 4. The minimum Gasteiger partial charge on any atom is -0.472 e. The average Bonchev–Trinajstić information content (AvgIpc) is 3.73. The molecule has 3 saturated heterocycles. The smallest absolute Gasteiger partial charge is 0.306 e.